The number of ether oxygens (including phenoxy) is 1. The Bertz CT molecular complexity index is 447. The number of carbonyl (C=O) groups is 1. The zero-order valence-corrected chi connectivity index (χ0v) is 11.9. The molecule has 1 unspecified atom stereocenters. The van der Waals surface area contributed by atoms with E-state index in [1.807, 2.05) is 19.9 Å². The summed E-state index contributed by atoms with van der Waals surface area (Å²) in [6.45, 7) is 5.04. The molecule has 1 rings (SSSR count). The maximum absolute atomic E-state index is 10.9. The van der Waals surface area contributed by atoms with Crippen LogP contribution < -0.4 is 15.4 Å². The van der Waals surface area contributed by atoms with Crippen molar-refractivity contribution in [3.05, 3.63) is 28.8 Å². The van der Waals surface area contributed by atoms with Gasteiger partial charge in [0.1, 0.15) is 11.8 Å². The summed E-state index contributed by atoms with van der Waals surface area (Å²) in [5.74, 6) is 0.0255. The number of rotatable bonds is 7. The molecule has 0 spiro atoms. The number of carboxylic acids is 1. The fraction of sp³-hybridized carbons (Fsp3) is 0.500. The van der Waals surface area contributed by atoms with E-state index >= 15 is 0 Å². The molecule has 1 aromatic rings. The molecule has 0 radical (unpaired) electrons. The van der Waals surface area contributed by atoms with E-state index in [0.29, 0.717) is 13.1 Å². The van der Waals surface area contributed by atoms with Gasteiger partial charge in [0.25, 0.3) is 0 Å². The monoisotopic (exact) mass is 266 g/mol. The summed E-state index contributed by atoms with van der Waals surface area (Å²) in [5.41, 5.74) is 3.36. The normalized spacial score (nSPS) is 12.2. The van der Waals surface area contributed by atoms with Crippen LogP contribution in [0.4, 0.5) is 0 Å². The summed E-state index contributed by atoms with van der Waals surface area (Å²) >= 11 is 0. The molecule has 5 nitrogen and oxygen atoms in total. The standard InChI is InChI=1S/C14H22N2O3/c1-9-6-13(19-4)10(2)5-11(9)7-16-8-12(15-3)14(17)18/h5-6,12,15-16H,7-8H2,1-4H3,(H,17,18). The molecule has 106 valence electrons. The molecule has 0 saturated carbocycles. The first-order valence-corrected chi connectivity index (χ1v) is 6.24. The molecule has 0 aliphatic carbocycles. The number of nitrogens with one attached hydrogen (secondary N) is 2. The molecular weight excluding hydrogens is 244 g/mol. The Balaban J connectivity index is 2.63. The lowest BCUT2D eigenvalue weighted by Crippen LogP contribution is -2.42. The van der Waals surface area contributed by atoms with E-state index < -0.39 is 12.0 Å². The van der Waals surface area contributed by atoms with Crippen molar-refractivity contribution < 1.29 is 14.6 Å². The number of aryl methyl sites for hydroxylation is 2. The van der Waals surface area contributed by atoms with Gasteiger partial charge in [-0.05, 0) is 43.7 Å². The van der Waals surface area contributed by atoms with Gasteiger partial charge in [-0.25, -0.2) is 0 Å². The maximum Gasteiger partial charge on any atom is 0.322 e. The quantitative estimate of drug-likeness (QED) is 0.689. The molecule has 0 aliphatic rings. The van der Waals surface area contributed by atoms with E-state index in [9.17, 15) is 4.79 Å². The molecule has 0 aliphatic heterocycles. The third-order valence-corrected chi connectivity index (χ3v) is 3.16. The van der Waals surface area contributed by atoms with E-state index in [-0.39, 0.29) is 0 Å². The first-order valence-electron chi connectivity index (χ1n) is 6.24. The lowest BCUT2D eigenvalue weighted by molar-refractivity contribution is -0.139. The van der Waals surface area contributed by atoms with Crippen LogP contribution in [-0.4, -0.2) is 37.8 Å². The minimum Gasteiger partial charge on any atom is -0.496 e. The van der Waals surface area contributed by atoms with Crippen LogP contribution >= 0.6 is 0 Å². The first-order chi connectivity index (χ1) is 8.99. The second-order valence-electron chi connectivity index (χ2n) is 4.56. The maximum atomic E-state index is 10.9. The highest BCUT2D eigenvalue weighted by molar-refractivity contribution is 5.73. The molecule has 3 N–H and O–H groups in total. The van der Waals surface area contributed by atoms with Crippen LogP contribution in [0, 0.1) is 13.8 Å². The van der Waals surface area contributed by atoms with Crippen molar-refractivity contribution in [3.8, 4) is 5.75 Å². The average Bonchev–Trinajstić information content (AvgIpc) is 2.37. The van der Waals surface area contributed by atoms with Crippen LogP contribution in [0.25, 0.3) is 0 Å². The van der Waals surface area contributed by atoms with Gasteiger partial charge in [0.15, 0.2) is 0 Å². The van der Waals surface area contributed by atoms with Crippen molar-refractivity contribution in [1.29, 1.82) is 0 Å². The van der Waals surface area contributed by atoms with Crippen molar-refractivity contribution in [3.63, 3.8) is 0 Å². The smallest absolute Gasteiger partial charge is 0.322 e. The molecule has 0 saturated heterocycles. The second-order valence-corrected chi connectivity index (χ2v) is 4.56. The number of carboxylic acid groups (broad SMARTS) is 1. The Labute approximate surface area is 114 Å². The zero-order valence-electron chi connectivity index (χ0n) is 11.9. The largest absolute Gasteiger partial charge is 0.496 e. The van der Waals surface area contributed by atoms with Crippen LogP contribution in [0.5, 0.6) is 5.75 Å². The molecule has 0 fully saturated rings. The van der Waals surface area contributed by atoms with Crippen LogP contribution in [0.1, 0.15) is 16.7 Å². The third kappa shape index (κ3) is 4.22. The molecular formula is C14H22N2O3. The van der Waals surface area contributed by atoms with Gasteiger partial charge in [0.05, 0.1) is 7.11 Å². The van der Waals surface area contributed by atoms with Gasteiger partial charge in [-0.15, -0.1) is 0 Å². The Hall–Kier alpha value is -1.59. The summed E-state index contributed by atoms with van der Waals surface area (Å²) in [5, 5.41) is 14.8. The average molecular weight is 266 g/mol. The van der Waals surface area contributed by atoms with E-state index in [0.717, 1.165) is 22.4 Å². The van der Waals surface area contributed by atoms with Crippen molar-refractivity contribution in [2.24, 2.45) is 0 Å². The Morgan fingerprint density at radius 3 is 2.58 bits per heavy atom. The van der Waals surface area contributed by atoms with Crippen LogP contribution in [0.3, 0.4) is 0 Å². The third-order valence-electron chi connectivity index (χ3n) is 3.16. The number of hydrogen-bond acceptors (Lipinski definition) is 4. The van der Waals surface area contributed by atoms with E-state index in [1.54, 1.807) is 14.2 Å². The lowest BCUT2D eigenvalue weighted by Gasteiger charge is -2.15. The fourth-order valence-electron chi connectivity index (χ4n) is 1.92. The van der Waals surface area contributed by atoms with Crippen molar-refractivity contribution in [1.82, 2.24) is 10.6 Å². The predicted molar refractivity (Wildman–Crippen MR) is 74.7 cm³/mol. The number of methoxy groups -OCH3 is 1. The molecule has 0 aromatic heterocycles. The lowest BCUT2D eigenvalue weighted by atomic mass is 10.0. The van der Waals surface area contributed by atoms with Crippen LogP contribution in [0.15, 0.2) is 12.1 Å². The van der Waals surface area contributed by atoms with Crippen LogP contribution in [0.2, 0.25) is 0 Å². The molecule has 0 heterocycles. The minimum absolute atomic E-state index is 0.385. The van der Waals surface area contributed by atoms with Crippen LogP contribution in [-0.2, 0) is 11.3 Å². The summed E-state index contributed by atoms with van der Waals surface area (Å²) in [4.78, 5) is 10.9. The highest BCUT2D eigenvalue weighted by atomic mass is 16.5. The van der Waals surface area contributed by atoms with Gasteiger partial charge in [-0.1, -0.05) is 6.07 Å². The van der Waals surface area contributed by atoms with Gasteiger partial charge >= 0.3 is 5.97 Å². The summed E-state index contributed by atoms with van der Waals surface area (Å²) in [6.07, 6.45) is 0. The van der Waals surface area contributed by atoms with Gasteiger partial charge in [-0.2, -0.15) is 0 Å². The van der Waals surface area contributed by atoms with E-state index in [1.165, 1.54) is 0 Å². The topological polar surface area (TPSA) is 70.6 Å². The number of aliphatic carboxylic acids is 1. The van der Waals surface area contributed by atoms with Gasteiger partial charge in [-0.3, -0.25) is 4.79 Å². The SMILES string of the molecule is CNC(CNCc1cc(C)c(OC)cc1C)C(=O)O. The molecule has 19 heavy (non-hydrogen) atoms. The van der Waals surface area contributed by atoms with Gasteiger partial charge < -0.3 is 20.5 Å². The fourth-order valence-corrected chi connectivity index (χ4v) is 1.92. The minimum atomic E-state index is -0.849. The molecule has 5 heteroatoms. The molecule has 0 amide bonds. The number of likely N-dealkylation sites (N-methyl/N-ethyl adjacent to an activating group) is 1. The predicted octanol–water partition coefficient (Wildman–Crippen LogP) is 1.07. The van der Waals surface area contributed by atoms with Gasteiger partial charge in [0, 0.05) is 13.1 Å². The molecule has 0 bridgehead atoms. The van der Waals surface area contributed by atoms with Crippen molar-refractivity contribution >= 4 is 5.97 Å². The number of benzene rings is 1. The highest BCUT2D eigenvalue weighted by Crippen LogP contribution is 2.22. The van der Waals surface area contributed by atoms with E-state index in [4.69, 9.17) is 9.84 Å². The Kier molecular flexibility index (Phi) is 5.79. The summed E-state index contributed by atoms with van der Waals surface area (Å²) in [6, 6.07) is 3.50. The highest BCUT2D eigenvalue weighted by Gasteiger charge is 2.14. The van der Waals surface area contributed by atoms with Crippen molar-refractivity contribution in [2.45, 2.75) is 26.4 Å². The second kappa shape index (κ2) is 7.11. The first kappa shape index (κ1) is 15.5. The van der Waals surface area contributed by atoms with E-state index in [2.05, 4.69) is 16.7 Å². The van der Waals surface area contributed by atoms with Gasteiger partial charge in [0.2, 0.25) is 0 Å². The Morgan fingerprint density at radius 2 is 2.05 bits per heavy atom. The Morgan fingerprint density at radius 1 is 1.37 bits per heavy atom. The number of hydrogen-bond donors (Lipinski definition) is 3. The zero-order chi connectivity index (χ0) is 14.4. The molecule has 1 atom stereocenters. The summed E-state index contributed by atoms with van der Waals surface area (Å²) in [7, 11) is 3.30. The summed E-state index contributed by atoms with van der Waals surface area (Å²) < 4.78 is 5.26. The van der Waals surface area contributed by atoms with Crippen molar-refractivity contribution in [2.75, 3.05) is 20.7 Å². The molecule has 1 aromatic carbocycles.